The number of carbonyl (C=O) groups excluding carboxylic acids is 1. The average Bonchev–Trinajstić information content (AvgIpc) is 2.69. The molecule has 1 N–H and O–H groups in total. The number of amides is 1. The monoisotopic (exact) mass is 407 g/mol. The zero-order valence-electron chi connectivity index (χ0n) is 14.7. The number of hydrogen-bond acceptors (Lipinski definition) is 5. The van der Waals surface area contributed by atoms with E-state index in [0.717, 1.165) is 6.07 Å². The van der Waals surface area contributed by atoms with Gasteiger partial charge in [-0.05, 0) is 43.2 Å². The molecule has 0 bridgehead atoms. The number of halogens is 1. The fourth-order valence-corrected chi connectivity index (χ4v) is 4.70. The highest BCUT2D eigenvalue weighted by molar-refractivity contribution is 7.89. The van der Waals surface area contributed by atoms with Gasteiger partial charge < -0.3 is 5.32 Å². The molecule has 1 amide bonds. The van der Waals surface area contributed by atoms with Crippen molar-refractivity contribution >= 4 is 21.6 Å². The van der Waals surface area contributed by atoms with E-state index in [4.69, 9.17) is 0 Å². The summed E-state index contributed by atoms with van der Waals surface area (Å²) < 4.78 is 39.7. The summed E-state index contributed by atoms with van der Waals surface area (Å²) in [6.45, 7) is 0.255. The minimum absolute atomic E-state index is 0.128. The van der Waals surface area contributed by atoms with Crippen LogP contribution in [-0.4, -0.2) is 42.7 Å². The van der Waals surface area contributed by atoms with Crippen molar-refractivity contribution in [1.29, 1.82) is 0 Å². The lowest BCUT2D eigenvalue weighted by atomic mass is 10.1. The second-order valence-electron chi connectivity index (χ2n) is 6.38. The largest absolute Gasteiger partial charge is 0.349 e. The first-order valence-electron chi connectivity index (χ1n) is 8.59. The molecule has 8 nitrogen and oxygen atoms in total. The highest BCUT2D eigenvalue weighted by Crippen LogP contribution is 2.28. The summed E-state index contributed by atoms with van der Waals surface area (Å²) in [7, 11) is -4.01. The second-order valence-corrected chi connectivity index (χ2v) is 8.29. The number of nitro benzene ring substituents is 1. The van der Waals surface area contributed by atoms with E-state index in [-0.39, 0.29) is 29.9 Å². The minimum Gasteiger partial charge on any atom is -0.349 e. The molecule has 1 aliphatic heterocycles. The molecule has 0 unspecified atom stereocenters. The third-order valence-corrected chi connectivity index (χ3v) is 6.52. The third kappa shape index (κ3) is 4.18. The number of benzene rings is 2. The smallest absolute Gasteiger partial charge is 0.289 e. The first-order valence-corrected chi connectivity index (χ1v) is 10.0. The van der Waals surface area contributed by atoms with Gasteiger partial charge in [0.2, 0.25) is 10.0 Å². The molecule has 1 fully saturated rings. The van der Waals surface area contributed by atoms with Crippen LogP contribution in [0.3, 0.4) is 0 Å². The first-order chi connectivity index (χ1) is 13.3. The van der Waals surface area contributed by atoms with Crippen molar-refractivity contribution in [1.82, 2.24) is 9.62 Å². The summed E-state index contributed by atoms with van der Waals surface area (Å²) in [5.41, 5.74) is -0.148. The molecular weight excluding hydrogens is 389 g/mol. The summed E-state index contributed by atoms with van der Waals surface area (Å²) in [4.78, 5) is 22.3. The lowest BCUT2D eigenvalue weighted by molar-refractivity contribution is -0.387. The fraction of sp³-hybridized carbons (Fsp3) is 0.278. The van der Waals surface area contributed by atoms with E-state index >= 15 is 0 Å². The van der Waals surface area contributed by atoms with Gasteiger partial charge >= 0.3 is 0 Å². The molecule has 28 heavy (non-hydrogen) atoms. The van der Waals surface area contributed by atoms with Crippen LogP contribution in [0.25, 0.3) is 0 Å². The van der Waals surface area contributed by atoms with Crippen molar-refractivity contribution in [3.8, 4) is 0 Å². The molecule has 1 saturated heterocycles. The van der Waals surface area contributed by atoms with Gasteiger partial charge in [0.1, 0.15) is 5.82 Å². The van der Waals surface area contributed by atoms with Crippen LogP contribution in [-0.2, 0) is 10.0 Å². The van der Waals surface area contributed by atoms with Gasteiger partial charge in [0.25, 0.3) is 11.6 Å². The molecular formula is C18H18FN3O5S. The number of nitrogens with one attached hydrogen (secondary N) is 1. The van der Waals surface area contributed by atoms with Gasteiger partial charge in [0, 0.05) is 30.8 Å². The van der Waals surface area contributed by atoms with E-state index in [2.05, 4.69) is 5.32 Å². The SMILES string of the molecule is O=C(NC1CCN(S(=O)(=O)c2ccccc2[N+](=O)[O-])CC1)c1ccc(F)cc1. The summed E-state index contributed by atoms with van der Waals surface area (Å²) >= 11 is 0. The summed E-state index contributed by atoms with van der Waals surface area (Å²) in [6, 6.07) is 10.1. The van der Waals surface area contributed by atoms with E-state index in [1.165, 1.54) is 46.8 Å². The van der Waals surface area contributed by atoms with Gasteiger partial charge in [0.05, 0.1) is 4.92 Å². The van der Waals surface area contributed by atoms with Gasteiger partial charge in [-0.25, -0.2) is 12.8 Å². The molecule has 2 aromatic carbocycles. The van der Waals surface area contributed by atoms with Gasteiger partial charge in [-0.3, -0.25) is 14.9 Å². The number of rotatable bonds is 5. The molecule has 0 aromatic heterocycles. The molecule has 2 aromatic rings. The highest BCUT2D eigenvalue weighted by Gasteiger charge is 2.34. The molecule has 0 atom stereocenters. The number of nitrogens with zero attached hydrogens (tertiary/aromatic N) is 2. The van der Waals surface area contributed by atoms with Crippen LogP contribution in [0.2, 0.25) is 0 Å². The van der Waals surface area contributed by atoms with E-state index in [1.54, 1.807) is 0 Å². The molecule has 0 saturated carbocycles. The van der Waals surface area contributed by atoms with E-state index in [1.807, 2.05) is 0 Å². The Morgan fingerprint density at radius 1 is 1.11 bits per heavy atom. The topological polar surface area (TPSA) is 110 Å². The van der Waals surface area contributed by atoms with Gasteiger partial charge in [-0.1, -0.05) is 12.1 Å². The number of piperidine rings is 1. The van der Waals surface area contributed by atoms with Crippen molar-refractivity contribution in [2.75, 3.05) is 13.1 Å². The average molecular weight is 407 g/mol. The predicted octanol–water partition coefficient (Wildman–Crippen LogP) is 2.32. The molecule has 148 valence electrons. The number of carbonyl (C=O) groups is 1. The molecule has 1 heterocycles. The Bertz CT molecular complexity index is 987. The number of hydrogen-bond donors (Lipinski definition) is 1. The maximum atomic E-state index is 12.9. The van der Waals surface area contributed by atoms with Crippen LogP contribution in [0, 0.1) is 15.9 Å². The van der Waals surface area contributed by atoms with Crippen LogP contribution in [0.5, 0.6) is 0 Å². The standard InChI is InChI=1S/C18H18FN3O5S/c19-14-7-5-13(6-8-14)18(23)20-15-9-11-21(12-10-15)28(26,27)17-4-2-1-3-16(17)22(24)25/h1-8,15H,9-12H2,(H,20,23). The minimum atomic E-state index is -4.01. The van der Waals surface area contributed by atoms with Crippen molar-refractivity contribution in [3.05, 3.63) is 70.0 Å². The van der Waals surface area contributed by atoms with Crippen molar-refractivity contribution < 1.29 is 22.5 Å². The summed E-state index contributed by atoms with van der Waals surface area (Å²) in [5.74, 6) is -0.801. The maximum Gasteiger partial charge on any atom is 0.289 e. The van der Waals surface area contributed by atoms with Crippen LogP contribution in [0.4, 0.5) is 10.1 Å². The Balaban J connectivity index is 1.66. The zero-order chi connectivity index (χ0) is 20.3. The Morgan fingerprint density at radius 3 is 2.32 bits per heavy atom. The van der Waals surface area contributed by atoms with Gasteiger partial charge in [-0.2, -0.15) is 4.31 Å². The normalized spacial score (nSPS) is 15.9. The highest BCUT2D eigenvalue weighted by atomic mass is 32.2. The predicted molar refractivity (Wildman–Crippen MR) is 98.7 cm³/mol. The lowest BCUT2D eigenvalue weighted by Crippen LogP contribution is -2.46. The van der Waals surface area contributed by atoms with Crippen LogP contribution >= 0.6 is 0 Å². The Labute approximate surface area is 161 Å². The molecule has 10 heteroatoms. The van der Waals surface area contributed by atoms with Crippen molar-refractivity contribution in [2.24, 2.45) is 0 Å². The van der Waals surface area contributed by atoms with Gasteiger partial charge in [-0.15, -0.1) is 0 Å². The summed E-state index contributed by atoms with van der Waals surface area (Å²) in [5, 5.41) is 13.9. The number of para-hydroxylation sites is 1. The summed E-state index contributed by atoms with van der Waals surface area (Å²) in [6.07, 6.45) is 0.736. The van der Waals surface area contributed by atoms with Crippen molar-refractivity contribution in [3.63, 3.8) is 0 Å². The lowest BCUT2D eigenvalue weighted by Gasteiger charge is -2.31. The second kappa shape index (κ2) is 8.03. The molecule has 0 radical (unpaired) electrons. The zero-order valence-corrected chi connectivity index (χ0v) is 15.6. The van der Waals surface area contributed by atoms with Crippen LogP contribution in [0.15, 0.2) is 53.4 Å². The molecule has 0 spiro atoms. The Kier molecular flexibility index (Phi) is 5.71. The van der Waals surface area contributed by atoms with Gasteiger partial charge in [0.15, 0.2) is 4.90 Å². The third-order valence-electron chi connectivity index (χ3n) is 4.58. The van der Waals surface area contributed by atoms with Crippen molar-refractivity contribution in [2.45, 2.75) is 23.8 Å². The molecule has 1 aliphatic rings. The maximum absolute atomic E-state index is 12.9. The Hall–Kier alpha value is -2.85. The van der Waals surface area contributed by atoms with E-state index in [0.29, 0.717) is 18.4 Å². The fourth-order valence-electron chi connectivity index (χ4n) is 3.08. The number of nitro groups is 1. The molecule has 3 rings (SSSR count). The van der Waals surface area contributed by atoms with Crippen LogP contribution < -0.4 is 5.32 Å². The van der Waals surface area contributed by atoms with Crippen LogP contribution in [0.1, 0.15) is 23.2 Å². The van der Waals surface area contributed by atoms with E-state index < -0.39 is 26.5 Å². The molecule has 0 aliphatic carbocycles. The Morgan fingerprint density at radius 2 is 1.71 bits per heavy atom. The number of sulfonamides is 1. The van der Waals surface area contributed by atoms with E-state index in [9.17, 15) is 27.7 Å². The first kappa shape index (κ1) is 19.9. The quantitative estimate of drug-likeness (QED) is 0.604.